The average Bonchev–Trinajstić information content (AvgIpc) is 2.08. The number of aryl methyl sites for hydroxylation is 1. The van der Waals surface area contributed by atoms with Crippen molar-refractivity contribution in [1.29, 1.82) is 0 Å². The average molecular weight is 199 g/mol. The lowest BCUT2D eigenvalue weighted by molar-refractivity contribution is -0.117. The number of ether oxygens (including phenoxy) is 1. The summed E-state index contributed by atoms with van der Waals surface area (Å²) >= 11 is 5.25. The highest BCUT2D eigenvalue weighted by Crippen LogP contribution is 2.13. The summed E-state index contributed by atoms with van der Waals surface area (Å²) in [6, 6.07) is 7.46. The van der Waals surface area contributed by atoms with Crippen LogP contribution in [-0.4, -0.2) is 11.3 Å². The van der Waals surface area contributed by atoms with Crippen molar-refractivity contribution in [2.24, 2.45) is 0 Å². The normalized spacial score (nSPS) is 12.2. The quantitative estimate of drug-likeness (QED) is 0.698. The summed E-state index contributed by atoms with van der Waals surface area (Å²) in [4.78, 5) is 10.7. The van der Waals surface area contributed by atoms with Crippen LogP contribution >= 0.6 is 11.6 Å². The monoisotopic (exact) mass is 198 g/mol. The largest absolute Gasteiger partial charge is 0.482 e. The smallest absolute Gasteiger partial charge is 0.262 e. The van der Waals surface area contributed by atoms with E-state index in [9.17, 15) is 4.79 Å². The van der Waals surface area contributed by atoms with Gasteiger partial charge in [-0.1, -0.05) is 17.7 Å². The highest BCUT2D eigenvalue weighted by molar-refractivity contribution is 6.64. The predicted molar refractivity (Wildman–Crippen MR) is 52.1 cm³/mol. The minimum Gasteiger partial charge on any atom is -0.482 e. The van der Waals surface area contributed by atoms with E-state index < -0.39 is 11.3 Å². The molecule has 1 unspecified atom stereocenters. The molecule has 0 aromatic heterocycles. The third-order valence-corrected chi connectivity index (χ3v) is 1.96. The van der Waals surface area contributed by atoms with Crippen LogP contribution in [0.4, 0.5) is 0 Å². The Balaban J connectivity index is 2.64. The van der Waals surface area contributed by atoms with Gasteiger partial charge >= 0.3 is 0 Å². The molecule has 2 nitrogen and oxygen atoms in total. The molecule has 70 valence electrons. The molecule has 0 bridgehead atoms. The summed E-state index contributed by atoms with van der Waals surface area (Å²) in [7, 11) is 0. The molecule has 0 saturated carbocycles. The van der Waals surface area contributed by atoms with E-state index in [2.05, 4.69) is 0 Å². The fourth-order valence-electron chi connectivity index (χ4n) is 0.867. The van der Waals surface area contributed by atoms with Gasteiger partial charge in [0, 0.05) is 0 Å². The van der Waals surface area contributed by atoms with Crippen LogP contribution in [-0.2, 0) is 4.79 Å². The van der Waals surface area contributed by atoms with Crippen LogP contribution in [0.25, 0.3) is 0 Å². The predicted octanol–water partition coefficient (Wildman–Crippen LogP) is 2.53. The highest BCUT2D eigenvalue weighted by atomic mass is 35.5. The van der Waals surface area contributed by atoms with E-state index in [0.717, 1.165) is 5.56 Å². The zero-order valence-corrected chi connectivity index (χ0v) is 8.34. The molecule has 0 radical (unpaired) electrons. The van der Waals surface area contributed by atoms with Gasteiger partial charge in [-0.25, -0.2) is 0 Å². The van der Waals surface area contributed by atoms with Gasteiger partial charge in [0.15, 0.2) is 6.10 Å². The molecule has 0 spiro atoms. The molecule has 0 heterocycles. The fraction of sp³-hybridized carbons (Fsp3) is 0.300. The van der Waals surface area contributed by atoms with Crippen molar-refractivity contribution in [3.63, 3.8) is 0 Å². The minimum absolute atomic E-state index is 0.486. The Morgan fingerprint density at radius 3 is 2.38 bits per heavy atom. The number of hydrogen-bond donors (Lipinski definition) is 0. The van der Waals surface area contributed by atoms with E-state index >= 15 is 0 Å². The standard InChI is InChI=1S/C10H11ClO2/c1-7-3-5-9(6-4-7)13-8(2)10(11)12/h3-6,8H,1-2H3. The minimum atomic E-state index is -0.593. The lowest BCUT2D eigenvalue weighted by atomic mass is 10.2. The second-order valence-corrected chi connectivity index (χ2v) is 3.25. The lowest BCUT2D eigenvalue weighted by Crippen LogP contribution is -2.18. The van der Waals surface area contributed by atoms with Crippen LogP contribution in [0.1, 0.15) is 12.5 Å². The molecule has 1 aromatic carbocycles. The van der Waals surface area contributed by atoms with E-state index in [0.29, 0.717) is 5.75 Å². The van der Waals surface area contributed by atoms with Gasteiger partial charge in [-0.2, -0.15) is 0 Å². The van der Waals surface area contributed by atoms with E-state index in [1.54, 1.807) is 6.92 Å². The molecule has 0 aliphatic rings. The Morgan fingerprint density at radius 2 is 1.92 bits per heavy atom. The van der Waals surface area contributed by atoms with Gasteiger partial charge in [-0.3, -0.25) is 4.79 Å². The number of carbonyl (C=O) groups excluding carboxylic acids is 1. The summed E-state index contributed by atoms with van der Waals surface area (Å²) < 4.78 is 5.25. The molecule has 1 rings (SSSR count). The number of benzene rings is 1. The summed E-state index contributed by atoms with van der Waals surface area (Å²) in [6.45, 7) is 3.61. The van der Waals surface area contributed by atoms with Crippen molar-refractivity contribution in [2.75, 3.05) is 0 Å². The fourth-order valence-corrected chi connectivity index (χ4v) is 0.912. The van der Waals surface area contributed by atoms with Gasteiger partial charge in [0.1, 0.15) is 5.75 Å². The summed E-state index contributed by atoms with van der Waals surface area (Å²) in [5, 5.41) is -0.486. The van der Waals surface area contributed by atoms with Crippen LogP contribution in [0.5, 0.6) is 5.75 Å². The Hall–Kier alpha value is -1.02. The highest BCUT2D eigenvalue weighted by Gasteiger charge is 2.10. The lowest BCUT2D eigenvalue weighted by Gasteiger charge is -2.09. The molecule has 13 heavy (non-hydrogen) atoms. The Kier molecular flexibility index (Phi) is 3.32. The van der Waals surface area contributed by atoms with Crippen molar-refractivity contribution in [3.8, 4) is 5.75 Å². The maximum Gasteiger partial charge on any atom is 0.262 e. The van der Waals surface area contributed by atoms with E-state index in [1.165, 1.54) is 0 Å². The first-order chi connectivity index (χ1) is 6.09. The molecule has 1 aromatic rings. The van der Waals surface area contributed by atoms with Crippen molar-refractivity contribution in [3.05, 3.63) is 29.8 Å². The molecule has 0 aliphatic carbocycles. The van der Waals surface area contributed by atoms with E-state index in [4.69, 9.17) is 16.3 Å². The molecule has 0 N–H and O–H groups in total. The van der Waals surface area contributed by atoms with Crippen molar-refractivity contribution in [1.82, 2.24) is 0 Å². The van der Waals surface area contributed by atoms with Crippen LogP contribution in [0, 0.1) is 6.92 Å². The van der Waals surface area contributed by atoms with Crippen molar-refractivity contribution < 1.29 is 9.53 Å². The zero-order valence-electron chi connectivity index (χ0n) is 7.58. The van der Waals surface area contributed by atoms with Crippen molar-refractivity contribution >= 4 is 16.8 Å². The molecular formula is C10H11ClO2. The summed E-state index contributed by atoms with van der Waals surface area (Å²) in [5.74, 6) is 0.659. The molecular weight excluding hydrogens is 188 g/mol. The second kappa shape index (κ2) is 4.28. The van der Waals surface area contributed by atoms with Crippen molar-refractivity contribution in [2.45, 2.75) is 20.0 Å². The maximum atomic E-state index is 10.7. The van der Waals surface area contributed by atoms with Gasteiger partial charge in [0.2, 0.25) is 0 Å². The number of hydrogen-bond acceptors (Lipinski definition) is 2. The Bertz CT molecular complexity index is 292. The number of halogens is 1. The molecule has 1 atom stereocenters. The third-order valence-electron chi connectivity index (χ3n) is 1.65. The molecule has 0 saturated heterocycles. The second-order valence-electron chi connectivity index (χ2n) is 2.88. The number of rotatable bonds is 3. The first kappa shape index (κ1) is 10.1. The SMILES string of the molecule is Cc1ccc(OC(C)C(=O)Cl)cc1. The van der Waals surface area contributed by atoms with Crippen LogP contribution in [0.15, 0.2) is 24.3 Å². The van der Waals surface area contributed by atoms with E-state index in [1.807, 2.05) is 31.2 Å². The topological polar surface area (TPSA) is 26.3 Å². The first-order valence-electron chi connectivity index (χ1n) is 4.02. The van der Waals surface area contributed by atoms with Gasteiger partial charge in [0.25, 0.3) is 5.24 Å². The van der Waals surface area contributed by atoms with Gasteiger partial charge in [-0.05, 0) is 37.6 Å². The zero-order chi connectivity index (χ0) is 9.84. The van der Waals surface area contributed by atoms with Gasteiger partial charge in [-0.15, -0.1) is 0 Å². The Morgan fingerprint density at radius 1 is 1.38 bits per heavy atom. The first-order valence-corrected chi connectivity index (χ1v) is 4.40. The number of carbonyl (C=O) groups is 1. The molecule has 0 amide bonds. The summed E-state index contributed by atoms with van der Waals surface area (Å²) in [5.41, 5.74) is 1.15. The van der Waals surface area contributed by atoms with E-state index in [-0.39, 0.29) is 0 Å². The Labute approximate surface area is 82.5 Å². The molecule has 0 aliphatic heterocycles. The van der Waals surface area contributed by atoms with Gasteiger partial charge in [0.05, 0.1) is 0 Å². The van der Waals surface area contributed by atoms with Crippen LogP contribution in [0.3, 0.4) is 0 Å². The van der Waals surface area contributed by atoms with Crippen LogP contribution < -0.4 is 4.74 Å². The van der Waals surface area contributed by atoms with Gasteiger partial charge < -0.3 is 4.74 Å². The molecule has 3 heteroatoms. The summed E-state index contributed by atoms with van der Waals surface area (Å²) in [6.07, 6.45) is -0.593. The molecule has 0 fully saturated rings. The third kappa shape index (κ3) is 3.07. The maximum absolute atomic E-state index is 10.7. The van der Waals surface area contributed by atoms with Crippen LogP contribution in [0.2, 0.25) is 0 Å².